The molecule has 1 aromatic rings. The first-order chi connectivity index (χ1) is 7.99. The fourth-order valence-electron chi connectivity index (χ4n) is 1.06. The molecule has 2 N–H and O–H groups in total. The minimum atomic E-state index is -0.641. The smallest absolute Gasteiger partial charge is 0.433 e. The van der Waals surface area contributed by atoms with E-state index in [1.165, 1.54) is 18.3 Å². The van der Waals surface area contributed by atoms with Gasteiger partial charge in [0, 0.05) is 0 Å². The van der Waals surface area contributed by atoms with Crippen molar-refractivity contribution in [1.29, 1.82) is 0 Å². The predicted octanol–water partition coefficient (Wildman–Crippen LogP) is -3.82. The highest BCUT2D eigenvalue weighted by Gasteiger charge is 2.11. The lowest BCUT2D eigenvalue weighted by Crippen LogP contribution is -3.00. The number of nitro groups is 1. The molecule has 0 aliphatic rings. The van der Waals surface area contributed by atoms with Crippen LogP contribution in [0.3, 0.4) is 0 Å². The molecule has 0 saturated heterocycles. The Morgan fingerprint density at radius 3 is 2.78 bits per heavy atom. The molecular formula is C9H13ClN4O4. The third-order valence-electron chi connectivity index (χ3n) is 1.68. The van der Waals surface area contributed by atoms with Crippen molar-refractivity contribution in [2.75, 3.05) is 20.6 Å². The van der Waals surface area contributed by atoms with E-state index in [2.05, 4.69) is 5.10 Å². The van der Waals surface area contributed by atoms with Gasteiger partial charge >= 0.3 is 11.8 Å². The molecular weight excluding hydrogens is 264 g/mol. The number of nitrogens with two attached hydrogens (primary N) is 1. The Kier molecular flexibility index (Phi) is 6.79. The number of likely N-dealkylation sites (N-methyl/N-ethyl adjacent to an activating group) is 1. The number of primary amides is 1. The molecule has 0 fully saturated rings. The third-order valence-corrected chi connectivity index (χ3v) is 1.68. The molecule has 100 valence electrons. The van der Waals surface area contributed by atoms with Gasteiger partial charge in [-0.25, -0.2) is 4.79 Å². The summed E-state index contributed by atoms with van der Waals surface area (Å²) in [4.78, 5) is 22.6. The summed E-state index contributed by atoms with van der Waals surface area (Å²) in [5.41, 5.74) is 1.15. The molecule has 0 saturated carbocycles. The fourth-order valence-corrected chi connectivity index (χ4v) is 1.06. The molecule has 0 bridgehead atoms. The summed E-state index contributed by atoms with van der Waals surface area (Å²) in [6, 6.07) is 2.63. The zero-order valence-electron chi connectivity index (χ0n) is 9.87. The van der Waals surface area contributed by atoms with Gasteiger partial charge in [0.2, 0.25) is 0 Å². The number of carbonyl (C=O) groups is 1. The maximum atomic E-state index is 11.2. The van der Waals surface area contributed by atoms with Crippen LogP contribution >= 0.6 is 0 Å². The van der Waals surface area contributed by atoms with E-state index in [9.17, 15) is 14.9 Å². The van der Waals surface area contributed by atoms with Gasteiger partial charge in [-0.2, -0.15) is 5.43 Å². The van der Waals surface area contributed by atoms with Crippen LogP contribution in [0, 0.1) is 10.1 Å². The minimum Gasteiger partial charge on any atom is -1.00 e. The lowest BCUT2D eigenvalue weighted by molar-refractivity contribution is -0.573. The Hall–Kier alpha value is -1.77. The number of halogens is 1. The normalized spacial score (nSPS) is 10.6. The largest absolute Gasteiger partial charge is 1.00 e. The van der Waals surface area contributed by atoms with Gasteiger partial charge in [0.1, 0.15) is 17.7 Å². The Labute approximate surface area is 109 Å². The first kappa shape index (κ1) is 16.2. The maximum absolute atomic E-state index is 11.2. The highest BCUT2D eigenvalue weighted by molar-refractivity contribution is 5.76. The highest BCUT2D eigenvalue weighted by atomic mass is 35.5. The van der Waals surface area contributed by atoms with E-state index in [-0.39, 0.29) is 36.5 Å². The predicted molar refractivity (Wildman–Crippen MR) is 58.4 cm³/mol. The van der Waals surface area contributed by atoms with E-state index in [1.807, 2.05) is 0 Å². The molecule has 0 radical (unpaired) electrons. The molecule has 9 heteroatoms. The van der Waals surface area contributed by atoms with Crippen molar-refractivity contribution < 1.29 is 32.0 Å². The highest BCUT2D eigenvalue weighted by Crippen LogP contribution is 2.13. The first-order valence-electron chi connectivity index (χ1n) is 4.77. The number of amides is 1. The summed E-state index contributed by atoms with van der Waals surface area (Å²) in [5.74, 6) is -0.288. The van der Waals surface area contributed by atoms with Crippen LogP contribution in [0.25, 0.3) is 0 Å². The van der Waals surface area contributed by atoms with Crippen molar-refractivity contribution in [3.63, 3.8) is 0 Å². The first-order valence-corrected chi connectivity index (χ1v) is 4.77. The standard InChI is InChI=1S/C9H12N4O4.ClH/c1-12(2)6-8(14)11-10-5-7-3-4-9(17-7)13(15)16;/h3-5H,6H2,1-2H3,(H,11,14);1H/b10-5+;. The molecule has 1 rings (SSSR count). The van der Waals surface area contributed by atoms with Gasteiger partial charge in [0.05, 0.1) is 6.07 Å². The van der Waals surface area contributed by atoms with Crippen molar-refractivity contribution in [3.05, 3.63) is 28.0 Å². The quantitative estimate of drug-likeness (QED) is 0.257. The van der Waals surface area contributed by atoms with Gasteiger partial charge in [0.15, 0.2) is 5.76 Å². The molecule has 0 aliphatic carbocycles. The van der Waals surface area contributed by atoms with Gasteiger partial charge < -0.3 is 16.8 Å². The average molecular weight is 277 g/mol. The number of nitrogens with zero attached hydrogens (tertiary/aromatic N) is 3. The fraction of sp³-hybridized carbons (Fsp3) is 0.333. The number of carbonyl (C=O) groups excluding carboxylic acids is 1. The summed E-state index contributed by atoms with van der Waals surface area (Å²) in [6.07, 6.45) is 1.25. The Morgan fingerprint density at radius 2 is 2.28 bits per heavy atom. The van der Waals surface area contributed by atoms with E-state index in [1.54, 1.807) is 19.0 Å². The molecule has 1 aromatic heterocycles. The summed E-state index contributed by atoms with van der Waals surface area (Å²) >= 11 is 0. The molecule has 0 unspecified atom stereocenters. The minimum absolute atomic E-state index is 0. The zero-order valence-corrected chi connectivity index (χ0v) is 10.6. The second-order valence-electron chi connectivity index (χ2n) is 3.54. The molecule has 8 nitrogen and oxygen atoms in total. The average Bonchev–Trinajstić information content (AvgIpc) is 2.65. The number of rotatable bonds is 5. The Balaban J connectivity index is 0.00000289. The second-order valence-corrected chi connectivity index (χ2v) is 3.54. The van der Waals surface area contributed by atoms with Crippen LogP contribution in [0.1, 0.15) is 5.76 Å². The number of hydrogen-bond acceptors (Lipinski definition) is 6. The third kappa shape index (κ3) is 5.53. The Morgan fingerprint density at radius 1 is 1.61 bits per heavy atom. The summed E-state index contributed by atoms with van der Waals surface area (Å²) in [7, 11) is 3.54. The van der Waals surface area contributed by atoms with Crippen LogP contribution in [0.5, 0.6) is 0 Å². The van der Waals surface area contributed by atoms with Crippen molar-refractivity contribution in [1.82, 2.24) is 4.90 Å². The number of furan rings is 1. The van der Waals surface area contributed by atoms with Gasteiger partial charge in [-0.3, -0.25) is 15.0 Å². The molecule has 0 spiro atoms. The van der Waals surface area contributed by atoms with Gasteiger partial charge in [-0.1, -0.05) is 5.10 Å². The van der Waals surface area contributed by atoms with E-state index >= 15 is 0 Å². The second kappa shape index (κ2) is 7.54. The van der Waals surface area contributed by atoms with Crippen molar-refractivity contribution in [2.24, 2.45) is 5.10 Å². The van der Waals surface area contributed by atoms with Gasteiger partial charge in [-0.05, 0) is 20.2 Å². The van der Waals surface area contributed by atoms with E-state index < -0.39 is 4.92 Å². The summed E-state index contributed by atoms with van der Waals surface area (Å²) in [6.45, 7) is 0.260. The molecule has 18 heavy (non-hydrogen) atoms. The summed E-state index contributed by atoms with van der Waals surface area (Å²) in [5, 5.41) is 14.0. The number of hydrogen-bond donors (Lipinski definition) is 1. The zero-order chi connectivity index (χ0) is 12.8. The SMILES string of the molecule is CN(C)CC(=O)[NH2+]/N=C/c1ccc([N+](=O)[O-])o1.[Cl-]. The molecule has 1 amide bonds. The molecule has 0 aromatic carbocycles. The summed E-state index contributed by atoms with van der Waals surface area (Å²) < 4.78 is 4.82. The van der Waals surface area contributed by atoms with Crippen molar-refractivity contribution >= 4 is 18.0 Å². The van der Waals surface area contributed by atoms with Gasteiger partial charge in [0.25, 0.3) is 0 Å². The molecule has 1 heterocycles. The lowest BCUT2D eigenvalue weighted by atomic mass is 10.5. The number of quaternary nitrogens is 1. The van der Waals surface area contributed by atoms with Gasteiger partial charge in [-0.15, -0.1) is 0 Å². The van der Waals surface area contributed by atoms with Crippen LogP contribution in [-0.2, 0) is 4.79 Å². The lowest BCUT2D eigenvalue weighted by Gasteiger charge is -2.02. The van der Waals surface area contributed by atoms with Crippen LogP contribution in [0.2, 0.25) is 0 Å². The van der Waals surface area contributed by atoms with Crippen LogP contribution < -0.4 is 17.8 Å². The van der Waals surface area contributed by atoms with E-state index in [0.717, 1.165) is 5.43 Å². The van der Waals surface area contributed by atoms with Crippen molar-refractivity contribution in [2.45, 2.75) is 0 Å². The topological polar surface area (TPSA) is 106 Å². The van der Waals surface area contributed by atoms with E-state index in [0.29, 0.717) is 0 Å². The maximum Gasteiger partial charge on any atom is 0.433 e. The van der Waals surface area contributed by atoms with Crippen LogP contribution in [-0.4, -0.2) is 42.6 Å². The molecule has 0 atom stereocenters. The molecule has 0 aliphatic heterocycles. The monoisotopic (exact) mass is 276 g/mol. The van der Waals surface area contributed by atoms with Crippen molar-refractivity contribution in [3.8, 4) is 0 Å². The van der Waals surface area contributed by atoms with E-state index in [4.69, 9.17) is 4.42 Å². The van der Waals surface area contributed by atoms with Crippen LogP contribution in [0.15, 0.2) is 21.7 Å². The van der Waals surface area contributed by atoms with Crippen LogP contribution in [0.4, 0.5) is 5.88 Å². The Bertz CT molecular complexity index is 444.